The van der Waals surface area contributed by atoms with Gasteiger partial charge in [0, 0.05) is 18.1 Å². The Kier molecular flexibility index (Phi) is 4.49. The van der Waals surface area contributed by atoms with E-state index in [1.165, 1.54) is 0 Å². The quantitative estimate of drug-likeness (QED) is 0.892. The van der Waals surface area contributed by atoms with Gasteiger partial charge in [-0.25, -0.2) is 13.1 Å². The molecule has 2 bridgehead atoms. The van der Waals surface area contributed by atoms with Gasteiger partial charge in [-0.2, -0.15) is 0 Å². The highest BCUT2D eigenvalue weighted by Crippen LogP contribution is 2.28. The summed E-state index contributed by atoms with van der Waals surface area (Å²) in [4.78, 5) is 0.274. The second kappa shape index (κ2) is 5.67. The van der Waals surface area contributed by atoms with Crippen LogP contribution < -0.4 is 10.0 Å². The molecular formula is C13H21ClN2O3S. The van der Waals surface area contributed by atoms with Crippen molar-refractivity contribution in [2.45, 2.75) is 62.6 Å². The lowest BCUT2D eigenvalue weighted by Gasteiger charge is -2.29. The summed E-state index contributed by atoms with van der Waals surface area (Å²) >= 11 is 0. The van der Waals surface area contributed by atoms with E-state index in [2.05, 4.69) is 10.0 Å². The van der Waals surface area contributed by atoms with Crippen molar-refractivity contribution < 1.29 is 12.8 Å². The molecular weight excluding hydrogens is 300 g/mol. The zero-order chi connectivity index (χ0) is 13.6. The van der Waals surface area contributed by atoms with Crippen molar-refractivity contribution in [2.24, 2.45) is 0 Å². The molecule has 2 aliphatic heterocycles. The number of halogens is 1. The van der Waals surface area contributed by atoms with Crippen molar-refractivity contribution >= 4 is 22.4 Å². The first kappa shape index (κ1) is 15.8. The van der Waals surface area contributed by atoms with E-state index < -0.39 is 10.0 Å². The minimum Gasteiger partial charge on any atom is -0.465 e. The molecule has 114 valence electrons. The van der Waals surface area contributed by atoms with Crippen molar-refractivity contribution in [2.75, 3.05) is 0 Å². The van der Waals surface area contributed by atoms with E-state index in [0.29, 0.717) is 23.6 Å². The second-order valence-electron chi connectivity index (χ2n) is 5.70. The average molecular weight is 321 g/mol. The number of rotatable bonds is 3. The minimum atomic E-state index is -3.46. The Bertz CT molecular complexity index is 572. The summed E-state index contributed by atoms with van der Waals surface area (Å²) in [6.45, 7) is 3.45. The molecule has 0 aromatic carbocycles. The van der Waals surface area contributed by atoms with Gasteiger partial charge in [0.2, 0.25) is 10.0 Å². The van der Waals surface area contributed by atoms with Gasteiger partial charge >= 0.3 is 0 Å². The SMILES string of the molecule is Cc1cc(S(=O)(=O)NC2CC3CCC(C2)N3)c(C)o1.Cl. The highest BCUT2D eigenvalue weighted by atomic mass is 35.5. The third-order valence-corrected chi connectivity index (χ3v) is 5.71. The lowest BCUT2D eigenvalue weighted by molar-refractivity contribution is 0.345. The lowest BCUT2D eigenvalue weighted by Crippen LogP contribution is -2.47. The molecule has 2 atom stereocenters. The minimum absolute atomic E-state index is 0. The van der Waals surface area contributed by atoms with Crippen molar-refractivity contribution in [3.8, 4) is 0 Å². The molecule has 0 saturated carbocycles. The molecule has 3 heterocycles. The third kappa shape index (κ3) is 3.03. The van der Waals surface area contributed by atoms with Crippen LogP contribution >= 0.6 is 12.4 Å². The van der Waals surface area contributed by atoms with Gasteiger partial charge in [0.1, 0.15) is 16.4 Å². The van der Waals surface area contributed by atoms with Crippen LogP contribution in [-0.2, 0) is 10.0 Å². The fourth-order valence-corrected chi connectivity index (χ4v) is 4.81. The molecule has 7 heteroatoms. The molecule has 2 saturated heterocycles. The predicted molar refractivity (Wildman–Crippen MR) is 78.7 cm³/mol. The molecule has 2 N–H and O–H groups in total. The number of furan rings is 1. The Morgan fingerprint density at radius 2 is 1.85 bits per heavy atom. The van der Waals surface area contributed by atoms with Gasteiger partial charge in [0.05, 0.1) is 0 Å². The van der Waals surface area contributed by atoms with Crippen molar-refractivity contribution in [3.63, 3.8) is 0 Å². The molecule has 2 aliphatic rings. The number of fused-ring (bicyclic) bond motifs is 2. The molecule has 2 fully saturated rings. The molecule has 5 nitrogen and oxygen atoms in total. The normalized spacial score (nSPS) is 29.2. The van der Waals surface area contributed by atoms with Gasteiger partial charge < -0.3 is 9.73 Å². The van der Waals surface area contributed by atoms with E-state index in [1.54, 1.807) is 19.9 Å². The summed E-state index contributed by atoms with van der Waals surface area (Å²) in [5.41, 5.74) is 0. The van der Waals surface area contributed by atoms with E-state index in [0.717, 1.165) is 25.7 Å². The standard InChI is InChI=1S/C13H20N2O3S.ClH/c1-8-5-13(9(2)18-8)19(16,17)15-12-6-10-3-4-11(7-12)14-10;/h5,10-12,14-15H,3-4,6-7H2,1-2H3;1H. The van der Waals surface area contributed by atoms with Crippen molar-refractivity contribution in [1.82, 2.24) is 10.0 Å². The first-order valence-electron chi connectivity index (χ1n) is 6.79. The maximum absolute atomic E-state index is 12.4. The van der Waals surface area contributed by atoms with Crippen LogP contribution in [0.5, 0.6) is 0 Å². The molecule has 0 amide bonds. The summed E-state index contributed by atoms with van der Waals surface area (Å²) in [6, 6.07) is 2.57. The van der Waals surface area contributed by atoms with Crippen LogP contribution in [-0.4, -0.2) is 26.5 Å². The number of aryl methyl sites for hydroxylation is 2. The topological polar surface area (TPSA) is 71.3 Å². The Labute approximate surface area is 126 Å². The smallest absolute Gasteiger partial charge is 0.244 e. The molecule has 0 aliphatic carbocycles. The zero-order valence-corrected chi connectivity index (χ0v) is 13.3. The summed E-state index contributed by atoms with van der Waals surface area (Å²) in [5, 5.41) is 3.51. The number of hydrogen-bond donors (Lipinski definition) is 2. The largest absolute Gasteiger partial charge is 0.465 e. The van der Waals surface area contributed by atoms with E-state index in [-0.39, 0.29) is 23.3 Å². The monoisotopic (exact) mass is 320 g/mol. The summed E-state index contributed by atoms with van der Waals surface area (Å²) in [5.74, 6) is 1.09. The number of piperidine rings is 1. The third-order valence-electron chi connectivity index (χ3n) is 4.08. The number of nitrogens with one attached hydrogen (secondary N) is 2. The summed E-state index contributed by atoms with van der Waals surface area (Å²) < 4.78 is 32.9. The van der Waals surface area contributed by atoms with E-state index in [1.807, 2.05) is 0 Å². The van der Waals surface area contributed by atoms with Crippen LogP contribution in [0.4, 0.5) is 0 Å². The Hall–Kier alpha value is -0.560. The summed E-state index contributed by atoms with van der Waals surface area (Å²) in [6.07, 6.45) is 4.08. The van der Waals surface area contributed by atoms with E-state index in [4.69, 9.17) is 4.42 Å². The van der Waals surface area contributed by atoms with E-state index in [9.17, 15) is 8.42 Å². The lowest BCUT2D eigenvalue weighted by atomic mass is 10.0. The molecule has 3 rings (SSSR count). The molecule has 1 aromatic rings. The van der Waals surface area contributed by atoms with Crippen LogP contribution in [0.1, 0.15) is 37.2 Å². The maximum Gasteiger partial charge on any atom is 0.244 e. The van der Waals surface area contributed by atoms with Crippen molar-refractivity contribution in [1.29, 1.82) is 0 Å². The number of hydrogen-bond acceptors (Lipinski definition) is 4. The van der Waals surface area contributed by atoms with Crippen molar-refractivity contribution in [3.05, 3.63) is 17.6 Å². The molecule has 2 unspecified atom stereocenters. The molecule has 0 spiro atoms. The zero-order valence-electron chi connectivity index (χ0n) is 11.7. The van der Waals surface area contributed by atoms with Crippen LogP contribution in [0, 0.1) is 13.8 Å². The average Bonchev–Trinajstić information content (AvgIpc) is 2.81. The first-order chi connectivity index (χ1) is 8.94. The van der Waals surface area contributed by atoms with Gasteiger partial charge in [-0.1, -0.05) is 0 Å². The molecule has 20 heavy (non-hydrogen) atoms. The summed E-state index contributed by atoms with van der Waals surface area (Å²) in [7, 11) is -3.46. The maximum atomic E-state index is 12.4. The van der Waals surface area contributed by atoms with Crippen LogP contribution in [0.2, 0.25) is 0 Å². The Morgan fingerprint density at radius 1 is 1.25 bits per heavy atom. The number of sulfonamides is 1. The van der Waals surface area contributed by atoms with Crippen LogP contribution in [0.3, 0.4) is 0 Å². The van der Waals surface area contributed by atoms with Gasteiger partial charge in [-0.05, 0) is 45.6 Å². The van der Waals surface area contributed by atoms with Crippen LogP contribution in [0.15, 0.2) is 15.4 Å². The van der Waals surface area contributed by atoms with Gasteiger partial charge in [-0.3, -0.25) is 0 Å². The Morgan fingerprint density at radius 3 is 2.35 bits per heavy atom. The molecule has 1 aromatic heterocycles. The Balaban J connectivity index is 0.00000147. The fraction of sp³-hybridized carbons (Fsp3) is 0.692. The van der Waals surface area contributed by atoms with Gasteiger partial charge in [0.25, 0.3) is 0 Å². The van der Waals surface area contributed by atoms with Crippen LogP contribution in [0.25, 0.3) is 0 Å². The molecule has 0 radical (unpaired) electrons. The fourth-order valence-electron chi connectivity index (χ4n) is 3.31. The predicted octanol–water partition coefficient (Wildman–Crippen LogP) is 1.88. The van der Waals surface area contributed by atoms with Gasteiger partial charge in [-0.15, -0.1) is 12.4 Å². The second-order valence-corrected chi connectivity index (χ2v) is 7.39. The highest BCUT2D eigenvalue weighted by molar-refractivity contribution is 7.89. The first-order valence-corrected chi connectivity index (χ1v) is 8.28. The van der Waals surface area contributed by atoms with Gasteiger partial charge in [0.15, 0.2) is 0 Å². The highest BCUT2D eigenvalue weighted by Gasteiger charge is 2.35. The van der Waals surface area contributed by atoms with E-state index >= 15 is 0 Å².